The third-order valence-electron chi connectivity index (χ3n) is 5.95. The second-order valence-corrected chi connectivity index (χ2v) is 8.73. The minimum atomic E-state index is -0.759. The number of halogens is 1. The lowest BCUT2D eigenvalue weighted by Crippen LogP contribution is -2.44. The topological polar surface area (TPSA) is 100 Å². The Morgan fingerprint density at radius 1 is 1.06 bits per heavy atom. The molecule has 1 heterocycles. The minimum Gasteiger partial charge on any atom is -0.497 e. The molecule has 7 nitrogen and oxygen atoms in total. The quantitative estimate of drug-likeness (QED) is 0.323. The van der Waals surface area contributed by atoms with Crippen molar-refractivity contribution in [3.8, 4) is 5.75 Å². The number of ketones is 1. The zero-order valence-electron chi connectivity index (χ0n) is 20.4. The molecule has 2 aromatic carbocycles. The first kappa shape index (κ1) is 25.9. The maximum absolute atomic E-state index is 13.2. The van der Waals surface area contributed by atoms with Crippen molar-refractivity contribution in [2.45, 2.75) is 58.4 Å². The first-order chi connectivity index (χ1) is 16.8. The number of H-pyrrole nitrogens is 1. The summed E-state index contributed by atoms with van der Waals surface area (Å²) in [6.45, 7) is 3.46. The van der Waals surface area contributed by atoms with Gasteiger partial charge in [0.05, 0.1) is 13.5 Å². The number of amides is 2. The van der Waals surface area contributed by atoms with Crippen LogP contribution in [0.15, 0.2) is 42.5 Å². The average Bonchev–Trinajstić information content (AvgIpc) is 3.13. The highest BCUT2D eigenvalue weighted by Crippen LogP contribution is 2.27. The third kappa shape index (κ3) is 7.40. The second kappa shape index (κ2) is 12.1. The molecule has 1 aromatic heterocycles. The number of nitrogens with one attached hydrogen (secondary N) is 3. The molecule has 0 bridgehead atoms. The highest BCUT2D eigenvalue weighted by atomic mass is 19.1. The fraction of sp³-hybridized carbons (Fsp3) is 0.370. The molecule has 0 saturated carbocycles. The molecule has 2 amide bonds. The summed E-state index contributed by atoms with van der Waals surface area (Å²) in [7, 11) is 1.59. The number of aromatic amines is 1. The van der Waals surface area contributed by atoms with Gasteiger partial charge in [0.15, 0.2) is 0 Å². The molecule has 0 aliphatic rings. The Morgan fingerprint density at radius 3 is 2.49 bits per heavy atom. The van der Waals surface area contributed by atoms with E-state index in [1.807, 2.05) is 25.1 Å². The Bertz CT molecular complexity index is 1190. The number of anilines is 1. The standard InChI is InChI=1S/C27H32FN3O4/c1-17(32)7-5-4-6-8-25(27(34)30-20-11-9-19(28)10-12-20)31-26(33)16-22-18(2)29-24-14-13-21(35-3)15-23(22)24/h9-15,25,29H,4-8,16H2,1-3H3,(H,30,34)(H,31,33). The van der Waals surface area contributed by atoms with Crippen molar-refractivity contribution in [3.05, 3.63) is 59.5 Å². The van der Waals surface area contributed by atoms with Gasteiger partial charge in [-0.2, -0.15) is 0 Å². The van der Waals surface area contributed by atoms with Crippen LogP contribution in [-0.4, -0.2) is 35.7 Å². The highest BCUT2D eigenvalue weighted by molar-refractivity contribution is 5.98. The lowest BCUT2D eigenvalue weighted by molar-refractivity contribution is -0.126. The van der Waals surface area contributed by atoms with E-state index in [-0.39, 0.29) is 24.0 Å². The summed E-state index contributed by atoms with van der Waals surface area (Å²) < 4.78 is 18.5. The lowest BCUT2D eigenvalue weighted by Gasteiger charge is -2.19. The molecule has 3 aromatic rings. The predicted molar refractivity (Wildman–Crippen MR) is 134 cm³/mol. The summed E-state index contributed by atoms with van der Waals surface area (Å²) >= 11 is 0. The van der Waals surface area contributed by atoms with Crippen molar-refractivity contribution in [1.29, 1.82) is 0 Å². The summed E-state index contributed by atoms with van der Waals surface area (Å²) in [5, 5.41) is 6.52. The Kier molecular flexibility index (Phi) is 9.00. The molecule has 8 heteroatoms. The smallest absolute Gasteiger partial charge is 0.246 e. The van der Waals surface area contributed by atoms with Gasteiger partial charge in [-0.3, -0.25) is 9.59 Å². The van der Waals surface area contributed by atoms with Gasteiger partial charge < -0.3 is 25.1 Å². The number of aromatic nitrogens is 1. The predicted octanol–water partition coefficient (Wildman–Crippen LogP) is 4.83. The van der Waals surface area contributed by atoms with Crippen LogP contribution in [0.1, 0.15) is 50.3 Å². The van der Waals surface area contributed by atoms with Crippen molar-refractivity contribution in [3.63, 3.8) is 0 Å². The number of hydrogen-bond donors (Lipinski definition) is 3. The second-order valence-electron chi connectivity index (χ2n) is 8.73. The number of methoxy groups -OCH3 is 1. The zero-order valence-corrected chi connectivity index (χ0v) is 20.4. The number of ether oxygens (including phenoxy) is 1. The molecule has 3 rings (SSSR count). The van der Waals surface area contributed by atoms with Crippen molar-refractivity contribution in [1.82, 2.24) is 10.3 Å². The van der Waals surface area contributed by atoms with Crippen molar-refractivity contribution < 1.29 is 23.5 Å². The van der Waals surface area contributed by atoms with E-state index in [9.17, 15) is 18.8 Å². The van der Waals surface area contributed by atoms with Gasteiger partial charge in [-0.25, -0.2) is 4.39 Å². The van der Waals surface area contributed by atoms with Gasteiger partial charge >= 0.3 is 0 Å². The molecule has 0 fully saturated rings. The SMILES string of the molecule is COc1ccc2[nH]c(C)c(CC(=O)NC(CCCCCC(C)=O)C(=O)Nc3ccc(F)cc3)c2c1. The van der Waals surface area contributed by atoms with Crippen LogP contribution in [0, 0.1) is 12.7 Å². The molecule has 35 heavy (non-hydrogen) atoms. The summed E-state index contributed by atoms with van der Waals surface area (Å²) in [5.74, 6) is -0.215. The minimum absolute atomic E-state index is 0.101. The van der Waals surface area contributed by atoms with E-state index in [0.29, 0.717) is 30.7 Å². The number of unbranched alkanes of at least 4 members (excludes halogenated alkanes) is 2. The van der Waals surface area contributed by atoms with Gasteiger partial charge in [0.25, 0.3) is 0 Å². The number of carbonyl (C=O) groups is 3. The number of carbonyl (C=O) groups excluding carboxylic acids is 3. The molecule has 0 spiro atoms. The molecule has 0 radical (unpaired) electrons. The number of Topliss-reactive ketones (excluding diaryl/α,β-unsaturated/α-hetero) is 1. The highest BCUT2D eigenvalue weighted by Gasteiger charge is 2.22. The Hall–Kier alpha value is -3.68. The number of rotatable bonds is 12. The van der Waals surface area contributed by atoms with Gasteiger partial charge in [0, 0.05) is 28.7 Å². The molecular formula is C27H32FN3O4. The normalized spacial score (nSPS) is 11.8. The van der Waals surface area contributed by atoms with Gasteiger partial charge in [0.1, 0.15) is 23.4 Å². The van der Waals surface area contributed by atoms with Gasteiger partial charge in [-0.15, -0.1) is 0 Å². The third-order valence-corrected chi connectivity index (χ3v) is 5.95. The van der Waals surface area contributed by atoms with E-state index >= 15 is 0 Å². The van der Waals surface area contributed by atoms with E-state index in [1.165, 1.54) is 24.3 Å². The van der Waals surface area contributed by atoms with E-state index in [1.54, 1.807) is 14.0 Å². The van der Waals surface area contributed by atoms with Crippen LogP contribution in [0.3, 0.4) is 0 Å². The van der Waals surface area contributed by atoms with Crippen LogP contribution in [0.25, 0.3) is 10.9 Å². The summed E-state index contributed by atoms with van der Waals surface area (Å²) in [6.07, 6.45) is 3.23. The van der Waals surface area contributed by atoms with Gasteiger partial charge in [-0.1, -0.05) is 12.8 Å². The van der Waals surface area contributed by atoms with Crippen LogP contribution in [0.5, 0.6) is 5.75 Å². The number of fused-ring (bicyclic) bond motifs is 1. The molecule has 0 aliphatic heterocycles. The average molecular weight is 482 g/mol. The molecule has 0 saturated heterocycles. The first-order valence-electron chi connectivity index (χ1n) is 11.8. The Morgan fingerprint density at radius 2 is 1.80 bits per heavy atom. The molecular weight excluding hydrogens is 449 g/mol. The van der Waals surface area contributed by atoms with Crippen molar-refractivity contribution in [2.24, 2.45) is 0 Å². The molecule has 0 aliphatic carbocycles. The van der Waals surface area contributed by atoms with Crippen LogP contribution in [-0.2, 0) is 20.8 Å². The molecule has 3 N–H and O–H groups in total. The number of aryl methyl sites for hydroxylation is 1. The van der Waals surface area contributed by atoms with E-state index in [2.05, 4.69) is 15.6 Å². The van der Waals surface area contributed by atoms with Crippen molar-refractivity contribution in [2.75, 3.05) is 12.4 Å². The summed E-state index contributed by atoms with van der Waals surface area (Å²) in [4.78, 5) is 40.5. The van der Waals surface area contributed by atoms with Crippen LogP contribution >= 0.6 is 0 Å². The zero-order chi connectivity index (χ0) is 25.4. The van der Waals surface area contributed by atoms with E-state index < -0.39 is 11.9 Å². The maximum Gasteiger partial charge on any atom is 0.246 e. The lowest BCUT2D eigenvalue weighted by atomic mass is 10.0. The number of benzene rings is 2. The Balaban J connectivity index is 1.70. The fourth-order valence-electron chi connectivity index (χ4n) is 4.05. The van der Waals surface area contributed by atoms with Crippen molar-refractivity contribution >= 4 is 34.2 Å². The largest absolute Gasteiger partial charge is 0.497 e. The maximum atomic E-state index is 13.2. The van der Waals surface area contributed by atoms with E-state index in [0.717, 1.165) is 35.0 Å². The first-order valence-corrected chi connectivity index (χ1v) is 11.8. The van der Waals surface area contributed by atoms with Gasteiger partial charge in [-0.05, 0) is 74.7 Å². The van der Waals surface area contributed by atoms with Crippen LogP contribution in [0.2, 0.25) is 0 Å². The molecule has 186 valence electrons. The molecule has 1 unspecified atom stereocenters. The van der Waals surface area contributed by atoms with Crippen LogP contribution < -0.4 is 15.4 Å². The van der Waals surface area contributed by atoms with E-state index in [4.69, 9.17) is 4.74 Å². The fourth-order valence-corrected chi connectivity index (χ4v) is 4.05. The summed E-state index contributed by atoms with van der Waals surface area (Å²) in [5.41, 5.74) is 3.07. The Labute approximate surface area is 204 Å². The summed E-state index contributed by atoms with van der Waals surface area (Å²) in [6, 6.07) is 10.4. The number of hydrogen-bond acceptors (Lipinski definition) is 4. The monoisotopic (exact) mass is 481 g/mol. The molecule has 1 atom stereocenters. The van der Waals surface area contributed by atoms with Crippen LogP contribution in [0.4, 0.5) is 10.1 Å². The van der Waals surface area contributed by atoms with Gasteiger partial charge in [0.2, 0.25) is 11.8 Å².